The van der Waals surface area contributed by atoms with Gasteiger partial charge in [0.05, 0.1) is 16.8 Å². The highest BCUT2D eigenvalue weighted by molar-refractivity contribution is 6.11. The number of amides is 2. The van der Waals surface area contributed by atoms with E-state index in [0.29, 0.717) is 47.0 Å². The topological polar surface area (TPSA) is 115 Å². The molecule has 1 heterocycles. The van der Waals surface area contributed by atoms with Crippen molar-refractivity contribution >= 4 is 23.5 Å². The molecule has 246 valence electrons. The molecule has 5 aromatic rings. The number of nitrogens with zero attached hydrogens (tertiary/aromatic N) is 3. The number of ether oxygens (including phenoxy) is 1. The van der Waals surface area contributed by atoms with E-state index < -0.39 is 23.6 Å². The smallest absolute Gasteiger partial charge is 0.416 e. The van der Waals surface area contributed by atoms with Crippen molar-refractivity contribution < 1.29 is 36.8 Å². The van der Waals surface area contributed by atoms with Crippen LogP contribution in [-0.2, 0) is 17.4 Å². The minimum Gasteiger partial charge on any atom is -0.427 e. The molecule has 2 amide bonds. The van der Waals surface area contributed by atoms with Gasteiger partial charge in [0.15, 0.2) is 5.82 Å². The van der Waals surface area contributed by atoms with E-state index in [4.69, 9.17) is 9.26 Å². The molecule has 0 spiro atoms. The quantitative estimate of drug-likeness (QED) is 0.122. The Bertz CT molecular complexity index is 1930. The van der Waals surface area contributed by atoms with Crippen LogP contribution in [0.25, 0.3) is 22.6 Å². The van der Waals surface area contributed by atoms with Crippen molar-refractivity contribution in [3.05, 3.63) is 119 Å². The third-order valence-corrected chi connectivity index (χ3v) is 7.37. The molecule has 0 fully saturated rings. The third-order valence-electron chi connectivity index (χ3n) is 7.37. The lowest BCUT2D eigenvalue weighted by molar-refractivity contribution is -0.137. The molecule has 4 aromatic carbocycles. The van der Waals surface area contributed by atoms with Crippen molar-refractivity contribution in [3.63, 3.8) is 0 Å². The van der Waals surface area contributed by atoms with Crippen molar-refractivity contribution in [1.29, 1.82) is 0 Å². The number of rotatable bonds is 10. The summed E-state index contributed by atoms with van der Waals surface area (Å²) in [4.78, 5) is 44.7. The van der Waals surface area contributed by atoms with Crippen LogP contribution in [0.5, 0.6) is 5.75 Å². The van der Waals surface area contributed by atoms with E-state index in [1.807, 2.05) is 0 Å². The molecule has 48 heavy (non-hydrogen) atoms. The number of halogens is 3. The maximum Gasteiger partial charge on any atom is 0.416 e. The molecule has 0 saturated heterocycles. The van der Waals surface area contributed by atoms with Crippen LogP contribution in [0.3, 0.4) is 0 Å². The molecule has 5 rings (SSSR count). The van der Waals surface area contributed by atoms with Crippen molar-refractivity contribution in [1.82, 2.24) is 15.0 Å². The van der Waals surface area contributed by atoms with Gasteiger partial charge in [-0.2, -0.15) is 18.2 Å². The predicted molar refractivity (Wildman–Crippen MR) is 172 cm³/mol. The van der Waals surface area contributed by atoms with E-state index >= 15 is 0 Å². The molecule has 0 aliphatic rings. The fraction of sp³-hybridized carbons (Fsp3) is 0.194. The first kappa shape index (κ1) is 33.6. The predicted octanol–water partition coefficient (Wildman–Crippen LogP) is 7.61. The number of carbonyl (C=O) groups is 3. The molecule has 0 aliphatic heterocycles. The number of nitrogens with one attached hydrogen (secondary N) is 1. The lowest BCUT2D eigenvalue weighted by atomic mass is 9.97. The highest BCUT2D eigenvalue weighted by atomic mass is 19.4. The Morgan fingerprint density at radius 2 is 1.56 bits per heavy atom. The Kier molecular flexibility index (Phi) is 10.0. The van der Waals surface area contributed by atoms with Crippen molar-refractivity contribution in [2.24, 2.45) is 0 Å². The van der Waals surface area contributed by atoms with Gasteiger partial charge in [0.1, 0.15) is 5.75 Å². The van der Waals surface area contributed by atoms with Gasteiger partial charge in [-0.3, -0.25) is 14.4 Å². The molecular formula is C36H31F3N4O5. The van der Waals surface area contributed by atoms with Gasteiger partial charge in [-0.1, -0.05) is 41.6 Å². The Morgan fingerprint density at radius 1 is 0.875 bits per heavy atom. The lowest BCUT2D eigenvalue weighted by Gasteiger charge is -2.17. The minimum atomic E-state index is -4.48. The third kappa shape index (κ3) is 8.13. The van der Waals surface area contributed by atoms with E-state index in [2.05, 4.69) is 15.5 Å². The molecular weight excluding hydrogens is 625 g/mol. The highest BCUT2D eigenvalue weighted by Crippen LogP contribution is 2.32. The molecule has 0 radical (unpaired) electrons. The molecule has 1 N–H and O–H groups in total. The largest absolute Gasteiger partial charge is 0.427 e. The van der Waals surface area contributed by atoms with Crippen LogP contribution in [-0.4, -0.2) is 46.9 Å². The zero-order chi connectivity index (χ0) is 34.4. The number of aryl methyl sites for hydroxylation is 2. The summed E-state index contributed by atoms with van der Waals surface area (Å²) in [5.41, 5.74) is 2.28. The van der Waals surface area contributed by atoms with Crippen LogP contribution in [0.4, 0.5) is 18.9 Å². The zero-order valence-electron chi connectivity index (χ0n) is 26.3. The van der Waals surface area contributed by atoms with Gasteiger partial charge in [-0.25, -0.2) is 0 Å². The van der Waals surface area contributed by atoms with E-state index in [9.17, 15) is 27.6 Å². The molecule has 0 unspecified atom stereocenters. The maximum absolute atomic E-state index is 13.5. The maximum atomic E-state index is 13.5. The molecule has 9 nitrogen and oxygen atoms in total. The fourth-order valence-corrected chi connectivity index (χ4v) is 4.93. The van der Waals surface area contributed by atoms with Crippen molar-refractivity contribution in [2.75, 3.05) is 19.4 Å². The van der Waals surface area contributed by atoms with E-state index in [1.165, 1.54) is 17.0 Å². The van der Waals surface area contributed by atoms with Gasteiger partial charge in [0.2, 0.25) is 0 Å². The summed E-state index contributed by atoms with van der Waals surface area (Å²) in [5.74, 6) is -0.0454. The Labute approximate surface area is 274 Å². The standard InChI is InChI=1S/C36H31F3N4O5/c1-22-40-34(48-42-22)25-14-18-27(19-15-25)47-32(44)10-6-7-23-11-20-31(30(21-23)35(46)43(2)3)41-33(45)29-9-5-4-8-28(29)24-12-16-26(17-13-24)36(37,38)39/h4-5,8-9,11-21H,6-7,10H2,1-3H3,(H,41,45). The summed E-state index contributed by atoms with van der Waals surface area (Å²) in [5, 5.41) is 6.56. The van der Waals surface area contributed by atoms with Crippen LogP contribution in [0.1, 0.15) is 50.5 Å². The number of alkyl halides is 3. The van der Waals surface area contributed by atoms with Crippen LogP contribution >= 0.6 is 0 Å². The van der Waals surface area contributed by atoms with Gasteiger partial charge in [-0.15, -0.1) is 0 Å². The van der Waals surface area contributed by atoms with E-state index in [0.717, 1.165) is 17.7 Å². The molecule has 1 aromatic heterocycles. The monoisotopic (exact) mass is 656 g/mol. The number of anilines is 1. The average Bonchev–Trinajstić information content (AvgIpc) is 3.51. The van der Waals surface area contributed by atoms with Gasteiger partial charge in [0.25, 0.3) is 17.7 Å². The second kappa shape index (κ2) is 14.3. The minimum absolute atomic E-state index is 0.126. The molecule has 0 bridgehead atoms. The second-order valence-electron chi connectivity index (χ2n) is 11.2. The molecule has 0 saturated carbocycles. The first-order valence-electron chi connectivity index (χ1n) is 14.9. The summed E-state index contributed by atoms with van der Waals surface area (Å²) in [6.45, 7) is 1.72. The number of benzene rings is 4. The van der Waals surface area contributed by atoms with Gasteiger partial charge in [0, 0.05) is 31.6 Å². The van der Waals surface area contributed by atoms with Crippen molar-refractivity contribution in [3.8, 4) is 28.3 Å². The Hall–Kier alpha value is -5.78. The summed E-state index contributed by atoms with van der Waals surface area (Å²) in [6.07, 6.45) is -3.45. The second-order valence-corrected chi connectivity index (χ2v) is 11.2. The lowest BCUT2D eigenvalue weighted by Crippen LogP contribution is -2.24. The summed E-state index contributed by atoms with van der Waals surface area (Å²) >= 11 is 0. The van der Waals surface area contributed by atoms with E-state index in [1.54, 1.807) is 87.7 Å². The van der Waals surface area contributed by atoms with Crippen LogP contribution in [0, 0.1) is 6.92 Å². The summed E-state index contributed by atoms with van der Waals surface area (Å²) in [7, 11) is 3.18. The number of aromatic nitrogens is 2. The molecule has 0 aliphatic carbocycles. The van der Waals surface area contributed by atoms with Gasteiger partial charge in [-0.05, 0) is 91.1 Å². The van der Waals surface area contributed by atoms with Gasteiger partial charge >= 0.3 is 12.1 Å². The SMILES string of the molecule is Cc1noc(-c2ccc(OC(=O)CCCc3ccc(NC(=O)c4ccccc4-c4ccc(C(F)(F)F)cc4)c(C(=O)N(C)C)c3)cc2)n1. The summed E-state index contributed by atoms with van der Waals surface area (Å²) < 4.78 is 49.8. The first-order valence-corrected chi connectivity index (χ1v) is 14.9. The summed E-state index contributed by atoms with van der Waals surface area (Å²) in [6, 6.07) is 22.9. The number of hydrogen-bond donors (Lipinski definition) is 1. The van der Waals surface area contributed by atoms with Crippen LogP contribution in [0.15, 0.2) is 95.5 Å². The fourth-order valence-electron chi connectivity index (χ4n) is 4.93. The van der Waals surface area contributed by atoms with Gasteiger partial charge < -0.3 is 19.5 Å². The van der Waals surface area contributed by atoms with E-state index in [-0.39, 0.29) is 29.1 Å². The van der Waals surface area contributed by atoms with Crippen LogP contribution < -0.4 is 10.1 Å². The molecule has 0 atom stereocenters. The van der Waals surface area contributed by atoms with Crippen molar-refractivity contribution in [2.45, 2.75) is 32.4 Å². The number of esters is 1. The first-order chi connectivity index (χ1) is 22.9. The highest BCUT2D eigenvalue weighted by Gasteiger charge is 2.30. The average molecular weight is 657 g/mol. The zero-order valence-corrected chi connectivity index (χ0v) is 26.3. The number of hydrogen-bond acceptors (Lipinski definition) is 7. The normalized spacial score (nSPS) is 11.2. The van der Waals surface area contributed by atoms with Crippen LogP contribution in [0.2, 0.25) is 0 Å². The Balaban J connectivity index is 1.25. The number of carbonyl (C=O) groups excluding carboxylic acids is 3. The molecule has 12 heteroatoms. The Morgan fingerprint density at radius 3 is 2.21 bits per heavy atom.